The van der Waals surface area contributed by atoms with Crippen molar-refractivity contribution in [1.82, 2.24) is 0 Å². The SMILES string of the molecule is Nc1ccc(Oc2ccc(NC(=O)CC3(CC(=O)O)CCCC3)cc2)cc1. The third kappa shape index (κ3) is 5.23. The Hall–Kier alpha value is -3.02. The van der Waals surface area contributed by atoms with Crippen LogP contribution in [0.2, 0.25) is 0 Å². The first-order valence-corrected chi connectivity index (χ1v) is 9.09. The summed E-state index contributed by atoms with van der Waals surface area (Å²) in [5, 5.41) is 12.0. The van der Waals surface area contributed by atoms with Crippen LogP contribution in [0.25, 0.3) is 0 Å². The first kappa shape index (κ1) is 18.8. The van der Waals surface area contributed by atoms with Crippen molar-refractivity contribution in [3.63, 3.8) is 0 Å². The number of benzene rings is 2. The van der Waals surface area contributed by atoms with E-state index in [9.17, 15) is 9.59 Å². The molecule has 1 fully saturated rings. The number of hydrogen-bond acceptors (Lipinski definition) is 4. The lowest BCUT2D eigenvalue weighted by atomic mass is 9.79. The van der Waals surface area contributed by atoms with Gasteiger partial charge in [-0.1, -0.05) is 12.8 Å². The lowest BCUT2D eigenvalue weighted by Gasteiger charge is -2.26. The Labute approximate surface area is 158 Å². The van der Waals surface area contributed by atoms with Crippen LogP contribution in [0.15, 0.2) is 48.5 Å². The molecule has 1 amide bonds. The van der Waals surface area contributed by atoms with Gasteiger partial charge in [0.25, 0.3) is 0 Å². The van der Waals surface area contributed by atoms with Crippen LogP contribution in [0, 0.1) is 5.41 Å². The van der Waals surface area contributed by atoms with E-state index >= 15 is 0 Å². The topological polar surface area (TPSA) is 102 Å². The summed E-state index contributed by atoms with van der Waals surface area (Å²) >= 11 is 0. The van der Waals surface area contributed by atoms with Gasteiger partial charge in [0.05, 0.1) is 6.42 Å². The summed E-state index contributed by atoms with van der Waals surface area (Å²) in [5.74, 6) is 0.341. The largest absolute Gasteiger partial charge is 0.481 e. The van der Waals surface area contributed by atoms with E-state index in [-0.39, 0.29) is 18.7 Å². The average Bonchev–Trinajstić information content (AvgIpc) is 3.05. The zero-order valence-electron chi connectivity index (χ0n) is 15.1. The summed E-state index contributed by atoms with van der Waals surface area (Å²) in [6.45, 7) is 0. The van der Waals surface area contributed by atoms with Crippen molar-refractivity contribution in [2.45, 2.75) is 38.5 Å². The number of nitrogens with one attached hydrogen (secondary N) is 1. The summed E-state index contributed by atoms with van der Waals surface area (Å²) in [6.07, 6.45) is 3.84. The quantitative estimate of drug-likeness (QED) is 0.628. The average molecular weight is 368 g/mol. The minimum atomic E-state index is -0.839. The van der Waals surface area contributed by atoms with E-state index in [2.05, 4.69) is 5.32 Å². The molecule has 0 aliphatic heterocycles. The molecule has 6 heteroatoms. The summed E-state index contributed by atoms with van der Waals surface area (Å²) in [5.41, 5.74) is 6.57. The van der Waals surface area contributed by atoms with E-state index in [1.165, 1.54) is 0 Å². The number of carboxylic acid groups (broad SMARTS) is 1. The number of hydrogen-bond donors (Lipinski definition) is 3. The van der Waals surface area contributed by atoms with Gasteiger partial charge in [-0.15, -0.1) is 0 Å². The summed E-state index contributed by atoms with van der Waals surface area (Å²) in [7, 11) is 0. The van der Waals surface area contributed by atoms with Crippen LogP contribution in [0.3, 0.4) is 0 Å². The van der Waals surface area contributed by atoms with Crippen molar-refractivity contribution in [2.24, 2.45) is 5.41 Å². The Balaban J connectivity index is 1.58. The molecule has 1 aliphatic rings. The number of rotatable bonds is 7. The molecule has 1 saturated carbocycles. The van der Waals surface area contributed by atoms with Gasteiger partial charge in [0.2, 0.25) is 5.91 Å². The second-order valence-electron chi connectivity index (χ2n) is 7.20. The zero-order chi connectivity index (χ0) is 19.3. The second-order valence-corrected chi connectivity index (χ2v) is 7.20. The monoisotopic (exact) mass is 368 g/mol. The van der Waals surface area contributed by atoms with Gasteiger partial charge in [-0.05, 0) is 66.8 Å². The number of aliphatic carboxylic acids is 1. The number of nitrogens with two attached hydrogens (primary N) is 1. The molecule has 3 rings (SSSR count). The predicted octanol–water partition coefficient (Wildman–Crippen LogP) is 4.42. The van der Waals surface area contributed by atoms with Crippen LogP contribution in [-0.4, -0.2) is 17.0 Å². The fourth-order valence-corrected chi connectivity index (χ4v) is 3.69. The molecule has 0 unspecified atom stereocenters. The van der Waals surface area contributed by atoms with Gasteiger partial charge in [0, 0.05) is 17.8 Å². The van der Waals surface area contributed by atoms with Gasteiger partial charge in [-0.3, -0.25) is 9.59 Å². The molecule has 0 saturated heterocycles. The lowest BCUT2D eigenvalue weighted by Crippen LogP contribution is -2.27. The number of carboxylic acids is 1. The van der Waals surface area contributed by atoms with E-state index < -0.39 is 11.4 Å². The fourth-order valence-electron chi connectivity index (χ4n) is 3.69. The summed E-state index contributed by atoms with van der Waals surface area (Å²) in [4.78, 5) is 23.6. The van der Waals surface area contributed by atoms with Crippen molar-refractivity contribution in [1.29, 1.82) is 0 Å². The molecule has 6 nitrogen and oxygen atoms in total. The summed E-state index contributed by atoms with van der Waals surface area (Å²) in [6, 6.07) is 14.2. The van der Waals surface area contributed by atoms with Gasteiger partial charge in [-0.2, -0.15) is 0 Å². The minimum absolute atomic E-state index is 0.0504. The predicted molar refractivity (Wildman–Crippen MR) is 104 cm³/mol. The molecule has 0 spiro atoms. The van der Waals surface area contributed by atoms with Crippen molar-refractivity contribution in [3.05, 3.63) is 48.5 Å². The van der Waals surface area contributed by atoms with E-state index in [0.29, 0.717) is 22.9 Å². The maximum absolute atomic E-state index is 12.4. The molecule has 0 atom stereocenters. The zero-order valence-corrected chi connectivity index (χ0v) is 15.1. The van der Waals surface area contributed by atoms with Crippen LogP contribution in [-0.2, 0) is 9.59 Å². The first-order chi connectivity index (χ1) is 12.9. The van der Waals surface area contributed by atoms with Gasteiger partial charge in [-0.25, -0.2) is 0 Å². The maximum atomic E-state index is 12.4. The van der Waals surface area contributed by atoms with Crippen LogP contribution in [0.5, 0.6) is 11.5 Å². The molecule has 2 aromatic rings. The molecular weight excluding hydrogens is 344 g/mol. The normalized spacial score (nSPS) is 15.3. The maximum Gasteiger partial charge on any atom is 0.303 e. The van der Waals surface area contributed by atoms with E-state index in [1.807, 2.05) is 0 Å². The van der Waals surface area contributed by atoms with Crippen LogP contribution in [0.4, 0.5) is 11.4 Å². The Morgan fingerprint density at radius 2 is 1.52 bits per heavy atom. The van der Waals surface area contributed by atoms with E-state index in [4.69, 9.17) is 15.6 Å². The molecule has 27 heavy (non-hydrogen) atoms. The third-order valence-corrected chi connectivity index (χ3v) is 4.98. The smallest absolute Gasteiger partial charge is 0.303 e. The number of nitrogen functional groups attached to an aromatic ring is 1. The standard InChI is InChI=1S/C21H24N2O4/c22-15-3-7-17(8-4-15)27-18-9-5-16(6-10-18)23-19(24)13-21(14-20(25)26)11-1-2-12-21/h3-10H,1-2,11-14,22H2,(H,23,24)(H,25,26). The third-order valence-electron chi connectivity index (χ3n) is 4.98. The minimum Gasteiger partial charge on any atom is -0.481 e. The molecule has 142 valence electrons. The Morgan fingerprint density at radius 3 is 2.07 bits per heavy atom. The van der Waals surface area contributed by atoms with Crippen molar-refractivity contribution < 1.29 is 19.4 Å². The highest BCUT2D eigenvalue weighted by atomic mass is 16.5. The molecule has 2 aromatic carbocycles. The van der Waals surface area contributed by atoms with Crippen LogP contribution < -0.4 is 15.8 Å². The summed E-state index contributed by atoms with van der Waals surface area (Å²) < 4.78 is 5.73. The molecule has 1 aliphatic carbocycles. The van der Waals surface area contributed by atoms with Crippen molar-refractivity contribution >= 4 is 23.3 Å². The number of amides is 1. The van der Waals surface area contributed by atoms with Gasteiger partial charge >= 0.3 is 5.97 Å². The fraction of sp³-hybridized carbons (Fsp3) is 0.333. The van der Waals surface area contributed by atoms with Gasteiger partial charge < -0.3 is 20.9 Å². The van der Waals surface area contributed by atoms with Crippen LogP contribution >= 0.6 is 0 Å². The molecule has 0 radical (unpaired) electrons. The van der Waals surface area contributed by atoms with Crippen molar-refractivity contribution in [3.8, 4) is 11.5 Å². The van der Waals surface area contributed by atoms with Crippen LogP contribution in [0.1, 0.15) is 38.5 Å². The molecule has 4 N–H and O–H groups in total. The highest BCUT2D eigenvalue weighted by Crippen LogP contribution is 2.44. The molecule has 0 bridgehead atoms. The number of ether oxygens (including phenoxy) is 1. The highest BCUT2D eigenvalue weighted by molar-refractivity contribution is 5.91. The molecular formula is C21H24N2O4. The number of carbonyl (C=O) groups excluding carboxylic acids is 1. The number of carbonyl (C=O) groups is 2. The van der Waals surface area contributed by atoms with Crippen molar-refractivity contribution in [2.75, 3.05) is 11.1 Å². The molecule has 0 heterocycles. The second kappa shape index (κ2) is 8.12. The van der Waals surface area contributed by atoms with E-state index in [0.717, 1.165) is 25.7 Å². The Morgan fingerprint density at radius 1 is 0.963 bits per heavy atom. The van der Waals surface area contributed by atoms with Gasteiger partial charge in [0.15, 0.2) is 0 Å². The number of anilines is 2. The first-order valence-electron chi connectivity index (χ1n) is 9.09. The highest BCUT2D eigenvalue weighted by Gasteiger charge is 2.37. The van der Waals surface area contributed by atoms with Gasteiger partial charge in [0.1, 0.15) is 11.5 Å². The van der Waals surface area contributed by atoms with E-state index in [1.54, 1.807) is 48.5 Å². The Bertz CT molecular complexity index is 794. The molecule has 0 aromatic heterocycles. The Kier molecular flexibility index (Phi) is 5.64. The lowest BCUT2D eigenvalue weighted by molar-refractivity contribution is -0.140.